The summed E-state index contributed by atoms with van der Waals surface area (Å²) in [6, 6.07) is 13.5. The van der Waals surface area contributed by atoms with E-state index in [0.29, 0.717) is 16.4 Å². The third kappa shape index (κ3) is 3.34. The van der Waals surface area contributed by atoms with Gasteiger partial charge in [0.05, 0.1) is 23.0 Å². The average Bonchev–Trinajstić information content (AvgIpc) is 3.23. The molecule has 0 bridgehead atoms. The fourth-order valence-electron chi connectivity index (χ4n) is 2.66. The first-order valence-electron chi connectivity index (χ1n) is 8.04. The van der Waals surface area contributed by atoms with E-state index in [1.54, 1.807) is 12.3 Å². The number of hydrogen-bond donors (Lipinski definition) is 1. The van der Waals surface area contributed by atoms with Gasteiger partial charge in [0.15, 0.2) is 0 Å². The molecule has 3 aromatic heterocycles. The van der Waals surface area contributed by atoms with Crippen LogP contribution in [0.5, 0.6) is 0 Å². The van der Waals surface area contributed by atoms with Gasteiger partial charge in [-0.2, -0.15) is 0 Å². The minimum atomic E-state index is -0.141. The number of nitrogens with zero attached hydrogens (tertiary/aromatic N) is 3. The van der Waals surface area contributed by atoms with Gasteiger partial charge in [-0.15, -0.1) is 11.3 Å². The topological polar surface area (TPSA) is 59.3 Å². The van der Waals surface area contributed by atoms with Crippen LogP contribution in [0.1, 0.15) is 21.1 Å². The first-order chi connectivity index (χ1) is 12.6. The number of hydrogen-bond acceptors (Lipinski definition) is 4. The van der Waals surface area contributed by atoms with Crippen LogP contribution in [-0.2, 0) is 6.54 Å². The molecule has 0 unspecified atom stereocenters. The predicted octanol–water partition coefficient (Wildman–Crippen LogP) is 4.35. The van der Waals surface area contributed by atoms with Gasteiger partial charge in [-0.1, -0.05) is 41.9 Å². The van der Waals surface area contributed by atoms with Crippen LogP contribution < -0.4 is 5.32 Å². The predicted molar refractivity (Wildman–Crippen MR) is 104 cm³/mol. The third-order valence-corrected chi connectivity index (χ3v) is 5.35. The minimum Gasteiger partial charge on any atom is -0.346 e. The van der Waals surface area contributed by atoms with Crippen LogP contribution in [0.25, 0.3) is 16.2 Å². The number of rotatable bonds is 4. The smallest absolute Gasteiger partial charge is 0.263 e. The summed E-state index contributed by atoms with van der Waals surface area (Å²) >= 11 is 7.38. The average molecular weight is 383 g/mol. The molecule has 0 aliphatic heterocycles. The molecule has 26 heavy (non-hydrogen) atoms. The van der Waals surface area contributed by atoms with E-state index in [0.717, 1.165) is 27.6 Å². The van der Waals surface area contributed by atoms with Crippen LogP contribution in [0.2, 0.25) is 5.02 Å². The summed E-state index contributed by atoms with van der Waals surface area (Å²) in [5, 5.41) is 4.40. The van der Waals surface area contributed by atoms with E-state index in [2.05, 4.69) is 15.3 Å². The van der Waals surface area contributed by atoms with E-state index >= 15 is 0 Å². The Kier molecular flexibility index (Phi) is 4.44. The molecule has 0 fully saturated rings. The molecule has 0 saturated carbocycles. The van der Waals surface area contributed by atoms with Gasteiger partial charge < -0.3 is 9.72 Å². The van der Waals surface area contributed by atoms with Crippen molar-refractivity contribution >= 4 is 34.5 Å². The zero-order valence-corrected chi connectivity index (χ0v) is 15.5. The van der Waals surface area contributed by atoms with Crippen molar-refractivity contribution in [2.45, 2.75) is 13.5 Å². The maximum atomic E-state index is 12.6. The maximum Gasteiger partial charge on any atom is 0.263 e. The number of carbonyl (C=O) groups is 1. The Morgan fingerprint density at radius 3 is 2.77 bits per heavy atom. The lowest BCUT2D eigenvalue weighted by Gasteiger charge is -2.01. The Morgan fingerprint density at radius 1 is 1.15 bits per heavy atom. The molecule has 1 aromatic carbocycles. The summed E-state index contributed by atoms with van der Waals surface area (Å²) in [6.07, 6.45) is 3.64. The lowest BCUT2D eigenvalue weighted by atomic mass is 10.2. The van der Waals surface area contributed by atoms with E-state index in [1.165, 1.54) is 11.3 Å². The monoisotopic (exact) mass is 382 g/mol. The molecule has 7 heteroatoms. The van der Waals surface area contributed by atoms with Gasteiger partial charge in [0.1, 0.15) is 15.5 Å². The number of halogens is 1. The highest BCUT2D eigenvalue weighted by Gasteiger charge is 2.16. The number of thiazole rings is 1. The normalized spacial score (nSPS) is 11.0. The molecule has 0 atom stereocenters. The highest BCUT2D eigenvalue weighted by Crippen LogP contribution is 2.27. The molecular formula is C19H15ClN4OS. The van der Waals surface area contributed by atoms with Gasteiger partial charge in [0.2, 0.25) is 0 Å². The third-order valence-electron chi connectivity index (χ3n) is 3.92. The van der Waals surface area contributed by atoms with E-state index in [-0.39, 0.29) is 5.91 Å². The molecule has 0 radical (unpaired) electrons. The Labute approximate surface area is 159 Å². The number of aryl methyl sites for hydroxylation is 1. The van der Waals surface area contributed by atoms with Gasteiger partial charge >= 0.3 is 0 Å². The van der Waals surface area contributed by atoms with Crippen molar-refractivity contribution in [1.29, 1.82) is 0 Å². The Morgan fingerprint density at radius 2 is 1.96 bits per heavy atom. The molecule has 5 nitrogen and oxygen atoms in total. The number of benzene rings is 1. The minimum absolute atomic E-state index is 0.141. The molecule has 0 saturated heterocycles. The van der Waals surface area contributed by atoms with Crippen LogP contribution in [0.15, 0.2) is 54.9 Å². The number of pyridine rings is 1. The van der Waals surface area contributed by atoms with Crippen LogP contribution in [-0.4, -0.2) is 20.3 Å². The van der Waals surface area contributed by atoms with Crippen molar-refractivity contribution in [2.75, 3.05) is 0 Å². The van der Waals surface area contributed by atoms with Crippen LogP contribution in [0.4, 0.5) is 0 Å². The SMILES string of the molecule is Cc1nc(-c2ccccc2)sc1C(=O)NCc1cn2cc(Cl)ccc2n1. The number of fused-ring (bicyclic) bond motifs is 1. The summed E-state index contributed by atoms with van der Waals surface area (Å²) in [7, 11) is 0. The number of carbonyl (C=O) groups excluding carboxylic acids is 1. The molecule has 4 aromatic rings. The van der Waals surface area contributed by atoms with Crippen LogP contribution in [0.3, 0.4) is 0 Å². The summed E-state index contributed by atoms with van der Waals surface area (Å²) in [5.74, 6) is -0.141. The molecule has 0 spiro atoms. The summed E-state index contributed by atoms with van der Waals surface area (Å²) in [4.78, 5) is 22.2. The number of imidazole rings is 1. The maximum absolute atomic E-state index is 12.6. The Hall–Kier alpha value is -2.70. The quantitative estimate of drug-likeness (QED) is 0.570. The van der Waals surface area contributed by atoms with E-state index in [4.69, 9.17) is 11.6 Å². The van der Waals surface area contributed by atoms with E-state index < -0.39 is 0 Å². The van der Waals surface area contributed by atoms with Gasteiger partial charge in [-0.05, 0) is 19.1 Å². The number of amides is 1. The molecule has 0 aliphatic rings. The fourth-order valence-corrected chi connectivity index (χ4v) is 3.82. The Balaban J connectivity index is 1.50. The molecule has 3 heterocycles. The first kappa shape index (κ1) is 16.8. The van der Waals surface area contributed by atoms with Crippen molar-refractivity contribution in [2.24, 2.45) is 0 Å². The highest BCUT2D eigenvalue weighted by molar-refractivity contribution is 7.17. The van der Waals surface area contributed by atoms with E-state index in [1.807, 2.05) is 53.9 Å². The second-order valence-electron chi connectivity index (χ2n) is 5.83. The molecule has 1 amide bonds. The van der Waals surface area contributed by atoms with Crippen molar-refractivity contribution < 1.29 is 4.79 Å². The molecule has 4 rings (SSSR count). The molecule has 0 aliphatic carbocycles. The highest BCUT2D eigenvalue weighted by atomic mass is 35.5. The Bertz CT molecular complexity index is 1090. The zero-order valence-electron chi connectivity index (χ0n) is 13.9. The molecule has 130 valence electrons. The van der Waals surface area contributed by atoms with Gasteiger partial charge in [-0.25, -0.2) is 9.97 Å². The lowest BCUT2D eigenvalue weighted by molar-refractivity contribution is 0.0953. The largest absolute Gasteiger partial charge is 0.346 e. The summed E-state index contributed by atoms with van der Waals surface area (Å²) in [5.41, 5.74) is 3.30. The molecular weight excluding hydrogens is 368 g/mol. The second kappa shape index (κ2) is 6.90. The number of nitrogens with one attached hydrogen (secondary N) is 1. The fraction of sp³-hybridized carbons (Fsp3) is 0.105. The second-order valence-corrected chi connectivity index (χ2v) is 7.26. The molecule has 1 N–H and O–H groups in total. The lowest BCUT2D eigenvalue weighted by Crippen LogP contribution is -2.22. The standard InChI is InChI=1S/C19H15ClN4OS/c1-12-17(26-19(22-12)13-5-3-2-4-6-13)18(25)21-9-15-11-24-10-14(20)7-8-16(24)23-15/h2-8,10-11H,9H2,1H3,(H,21,25). The van der Waals surface area contributed by atoms with Gasteiger partial charge in [0, 0.05) is 18.0 Å². The van der Waals surface area contributed by atoms with E-state index in [9.17, 15) is 4.79 Å². The zero-order chi connectivity index (χ0) is 18.1. The van der Waals surface area contributed by atoms with Crippen molar-refractivity contribution in [3.05, 3.63) is 76.1 Å². The number of aromatic nitrogens is 3. The van der Waals surface area contributed by atoms with Crippen LogP contribution in [0, 0.1) is 6.92 Å². The summed E-state index contributed by atoms with van der Waals surface area (Å²) in [6.45, 7) is 2.20. The van der Waals surface area contributed by atoms with Crippen molar-refractivity contribution in [3.63, 3.8) is 0 Å². The van der Waals surface area contributed by atoms with Gasteiger partial charge in [0.25, 0.3) is 5.91 Å². The summed E-state index contributed by atoms with van der Waals surface area (Å²) < 4.78 is 1.84. The first-order valence-corrected chi connectivity index (χ1v) is 9.24. The van der Waals surface area contributed by atoms with Gasteiger partial charge in [-0.3, -0.25) is 4.79 Å². The van der Waals surface area contributed by atoms with Crippen molar-refractivity contribution in [3.8, 4) is 10.6 Å². The van der Waals surface area contributed by atoms with Crippen LogP contribution >= 0.6 is 22.9 Å². The van der Waals surface area contributed by atoms with Crippen molar-refractivity contribution in [1.82, 2.24) is 19.7 Å².